The molecule has 2 atom stereocenters. The Balaban J connectivity index is 1.90. The Morgan fingerprint density at radius 3 is 2.81 bits per heavy atom. The first-order valence-corrected chi connectivity index (χ1v) is 7.96. The van der Waals surface area contributed by atoms with Gasteiger partial charge in [-0.15, -0.1) is 0 Å². The minimum absolute atomic E-state index is 0.449. The molecule has 1 N–H and O–H groups in total. The minimum atomic E-state index is -0.449. The summed E-state index contributed by atoms with van der Waals surface area (Å²) in [6.45, 7) is 9.48. The summed E-state index contributed by atoms with van der Waals surface area (Å²) in [6.07, 6.45) is 0.752. The van der Waals surface area contributed by atoms with Gasteiger partial charge in [-0.3, -0.25) is 9.80 Å². The molecule has 0 bridgehead atoms. The van der Waals surface area contributed by atoms with Crippen molar-refractivity contribution < 1.29 is 9.84 Å². The maximum Gasteiger partial charge on any atom is 0.119 e. The second-order valence-corrected chi connectivity index (χ2v) is 5.72. The summed E-state index contributed by atoms with van der Waals surface area (Å²) in [5.74, 6) is 0.800. The maximum absolute atomic E-state index is 10.4. The van der Waals surface area contributed by atoms with Gasteiger partial charge >= 0.3 is 0 Å². The van der Waals surface area contributed by atoms with Gasteiger partial charge in [-0.1, -0.05) is 26.0 Å². The fourth-order valence-corrected chi connectivity index (χ4v) is 3.21. The first kappa shape index (κ1) is 16.3. The molecule has 1 aliphatic heterocycles. The lowest BCUT2D eigenvalue weighted by Gasteiger charge is -2.27. The maximum atomic E-state index is 10.4. The molecule has 21 heavy (non-hydrogen) atoms. The van der Waals surface area contributed by atoms with E-state index >= 15 is 0 Å². The number of likely N-dealkylation sites (N-methyl/N-ethyl adjacent to an activating group) is 1. The van der Waals surface area contributed by atoms with E-state index in [1.165, 1.54) is 6.42 Å². The third-order valence-corrected chi connectivity index (χ3v) is 4.49. The van der Waals surface area contributed by atoms with Crippen LogP contribution in [0.15, 0.2) is 24.3 Å². The van der Waals surface area contributed by atoms with Crippen molar-refractivity contribution in [3.05, 3.63) is 29.8 Å². The van der Waals surface area contributed by atoms with Crippen LogP contribution < -0.4 is 4.74 Å². The molecule has 2 rings (SSSR count). The SMILES string of the molecule is CCN(CC)C1CCN(CC(O)c2cccc(OC)c2)C1. The Bertz CT molecular complexity index is 435. The van der Waals surface area contributed by atoms with Crippen LogP contribution in [0, 0.1) is 0 Å². The summed E-state index contributed by atoms with van der Waals surface area (Å²) < 4.78 is 5.22. The number of hydrogen-bond donors (Lipinski definition) is 1. The summed E-state index contributed by atoms with van der Waals surface area (Å²) in [6, 6.07) is 8.36. The van der Waals surface area contributed by atoms with Crippen molar-refractivity contribution in [2.45, 2.75) is 32.4 Å². The Morgan fingerprint density at radius 1 is 1.38 bits per heavy atom. The van der Waals surface area contributed by atoms with Crippen molar-refractivity contribution in [2.24, 2.45) is 0 Å². The van der Waals surface area contributed by atoms with Crippen molar-refractivity contribution >= 4 is 0 Å². The van der Waals surface area contributed by atoms with E-state index in [1.807, 2.05) is 24.3 Å². The van der Waals surface area contributed by atoms with Gasteiger partial charge in [0.25, 0.3) is 0 Å². The Hall–Kier alpha value is -1.10. The molecule has 1 fully saturated rings. The summed E-state index contributed by atoms with van der Waals surface area (Å²) >= 11 is 0. The summed E-state index contributed by atoms with van der Waals surface area (Å²) in [4.78, 5) is 4.88. The highest BCUT2D eigenvalue weighted by Crippen LogP contribution is 2.22. The number of β-amino-alcohol motifs (C(OH)–C–C–N with tert-alkyl or cyclic N) is 1. The first-order valence-electron chi connectivity index (χ1n) is 7.96. The van der Waals surface area contributed by atoms with Crippen molar-refractivity contribution in [1.82, 2.24) is 9.80 Å². The molecule has 0 aliphatic carbocycles. The second-order valence-electron chi connectivity index (χ2n) is 5.72. The van der Waals surface area contributed by atoms with E-state index in [9.17, 15) is 5.11 Å². The molecule has 0 radical (unpaired) electrons. The predicted molar refractivity (Wildman–Crippen MR) is 85.7 cm³/mol. The highest BCUT2D eigenvalue weighted by atomic mass is 16.5. The number of rotatable bonds is 7. The number of aliphatic hydroxyl groups excluding tert-OH is 1. The van der Waals surface area contributed by atoms with Crippen LogP contribution >= 0.6 is 0 Å². The van der Waals surface area contributed by atoms with E-state index in [0.717, 1.165) is 37.5 Å². The van der Waals surface area contributed by atoms with E-state index in [-0.39, 0.29) is 0 Å². The number of aliphatic hydroxyl groups is 1. The van der Waals surface area contributed by atoms with Crippen molar-refractivity contribution in [2.75, 3.05) is 39.8 Å². The van der Waals surface area contributed by atoms with Gasteiger partial charge < -0.3 is 9.84 Å². The normalized spacial score (nSPS) is 20.9. The van der Waals surface area contributed by atoms with Crippen LogP contribution in [0.1, 0.15) is 31.9 Å². The molecule has 4 heteroatoms. The van der Waals surface area contributed by atoms with E-state index in [0.29, 0.717) is 12.6 Å². The molecule has 1 saturated heterocycles. The summed E-state index contributed by atoms with van der Waals surface area (Å²) in [7, 11) is 1.65. The van der Waals surface area contributed by atoms with Crippen LogP contribution in [0.2, 0.25) is 0 Å². The van der Waals surface area contributed by atoms with Gasteiger partial charge in [0.1, 0.15) is 5.75 Å². The Labute approximate surface area is 128 Å². The standard InChI is InChI=1S/C17H28N2O2/c1-4-19(5-2)15-9-10-18(12-15)13-17(20)14-7-6-8-16(11-14)21-3/h6-8,11,15,17,20H,4-5,9-10,12-13H2,1-3H3. The number of methoxy groups -OCH3 is 1. The van der Waals surface area contributed by atoms with Gasteiger partial charge in [-0.25, -0.2) is 0 Å². The van der Waals surface area contributed by atoms with Crippen LogP contribution in [0.5, 0.6) is 5.75 Å². The number of benzene rings is 1. The molecular formula is C17H28N2O2. The van der Waals surface area contributed by atoms with Gasteiger partial charge in [0.05, 0.1) is 13.2 Å². The van der Waals surface area contributed by atoms with E-state index in [1.54, 1.807) is 7.11 Å². The topological polar surface area (TPSA) is 35.9 Å². The summed E-state index contributed by atoms with van der Waals surface area (Å²) in [5.41, 5.74) is 0.931. The number of nitrogens with zero attached hydrogens (tertiary/aromatic N) is 2. The first-order chi connectivity index (χ1) is 10.2. The lowest BCUT2D eigenvalue weighted by Crippen LogP contribution is -2.38. The molecule has 2 unspecified atom stereocenters. The third-order valence-electron chi connectivity index (χ3n) is 4.49. The Kier molecular flexibility index (Phi) is 6.03. The molecule has 1 aliphatic rings. The van der Waals surface area contributed by atoms with E-state index in [2.05, 4.69) is 23.6 Å². The third kappa shape index (κ3) is 4.19. The number of likely N-dealkylation sites (tertiary alicyclic amines) is 1. The van der Waals surface area contributed by atoms with E-state index < -0.39 is 6.10 Å². The van der Waals surface area contributed by atoms with Gasteiger partial charge in [0.2, 0.25) is 0 Å². The monoisotopic (exact) mass is 292 g/mol. The molecule has 1 heterocycles. The lowest BCUT2D eigenvalue weighted by atomic mass is 10.1. The van der Waals surface area contributed by atoms with Gasteiger partial charge in [-0.05, 0) is 43.8 Å². The molecule has 118 valence electrons. The van der Waals surface area contributed by atoms with Gasteiger partial charge in [0.15, 0.2) is 0 Å². The van der Waals surface area contributed by atoms with Crippen LogP contribution in [-0.4, -0.2) is 60.8 Å². The van der Waals surface area contributed by atoms with Crippen LogP contribution in [0.3, 0.4) is 0 Å². The molecule has 1 aromatic carbocycles. The molecule has 4 nitrogen and oxygen atoms in total. The zero-order chi connectivity index (χ0) is 15.2. The van der Waals surface area contributed by atoms with E-state index in [4.69, 9.17) is 4.74 Å². The average Bonchev–Trinajstić information content (AvgIpc) is 2.97. The molecule has 0 amide bonds. The minimum Gasteiger partial charge on any atom is -0.497 e. The quantitative estimate of drug-likeness (QED) is 0.835. The smallest absolute Gasteiger partial charge is 0.119 e. The molecule has 0 aromatic heterocycles. The fraction of sp³-hybridized carbons (Fsp3) is 0.647. The second kappa shape index (κ2) is 7.78. The molecule has 0 saturated carbocycles. The highest BCUT2D eigenvalue weighted by Gasteiger charge is 2.27. The van der Waals surface area contributed by atoms with Crippen molar-refractivity contribution in [3.8, 4) is 5.75 Å². The highest BCUT2D eigenvalue weighted by molar-refractivity contribution is 5.29. The van der Waals surface area contributed by atoms with Crippen molar-refractivity contribution in [1.29, 1.82) is 0 Å². The average molecular weight is 292 g/mol. The van der Waals surface area contributed by atoms with Crippen LogP contribution in [0.25, 0.3) is 0 Å². The molecule has 0 spiro atoms. The van der Waals surface area contributed by atoms with Crippen LogP contribution in [-0.2, 0) is 0 Å². The largest absolute Gasteiger partial charge is 0.497 e. The van der Waals surface area contributed by atoms with Gasteiger partial charge in [-0.2, -0.15) is 0 Å². The number of hydrogen-bond acceptors (Lipinski definition) is 4. The van der Waals surface area contributed by atoms with Crippen LogP contribution in [0.4, 0.5) is 0 Å². The van der Waals surface area contributed by atoms with Gasteiger partial charge in [0, 0.05) is 19.1 Å². The molecule has 1 aromatic rings. The zero-order valence-corrected chi connectivity index (χ0v) is 13.5. The zero-order valence-electron chi connectivity index (χ0n) is 13.5. The number of ether oxygens (including phenoxy) is 1. The fourth-order valence-electron chi connectivity index (χ4n) is 3.21. The van der Waals surface area contributed by atoms with Crippen molar-refractivity contribution in [3.63, 3.8) is 0 Å². The Morgan fingerprint density at radius 2 is 2.14 bits per heavy atom. The summed E-state index contributed by atoms with van der Waals surface area (Å²) in [5, 5.41) is 10.4. The lowest BCUT2D eigenvalue weighted by molar-refractivity contribution is 0.119. The molecular weight excluding hydrogens is 264 g/mol. The predicted octanol–water partition coefficient (Wildman–Crippen LogP) is 2.14.